The Morgan fingerprint density at radius 2 is 0.787 bits per heavy atom. The zero-order valence-corrected chi connectivity index (χ0v) is 23.3. The number of ether oxygens (including phenoxy) is 4. The Hall–Kier alpha value is -7.24. The summed E-state index contributed by atoms with van der Waals surface area (Å²) >= 11 is 0. The number of aromatic hydroxyl groups is 8. The number of rotatable bonds is 8. The fraction of sp³-hybridized carbons (Fsp3) is 0.0345. The van der Waals surface area contributed by atoms with E-state index in [0.717, 1.165) is 19.2 Å². The van der Waals surface area contributed by atoms with Crippen molar-refractivity contribution in [2.45, 2.75) is 0 Å². The second kappa shape index (κ2) is 12.8. The van der Waals surface area contributed by atoms with E-state index in [1.165, 1.54) is 0 Å². The third-order valence-electron chi connectivity index (χ3n) is 6.06. The van der Waals surface area contributed by atoms with Crippen molar-refractivity contribution in [3.8, 4) is 63.2 Å². The lowest BCUT2D eigenvalue weighted by atomic mass is 10.1. The molecule has 0 aromatic heterocycles. The lowest BCUT2D eigenvalue weighted by Crippen LogP contribution is -2.13. The maximum absolute atomic E-state index is 13.0. The van der Waals surface area contributed by atoms with Crippen molar-refractivity contribution < 1.29 is 79.0 Å². The lowest BCUT2D eigenvalue weighted by Gasteiger charge is -2.13. The second-order valence-electron chi connectivity index (χ2n) is 9.14. The molecule has 0 fully saturated rings. The Morgan fingerprint density at radius 3 is 1.19 bits per heavy atom. The molecular formula is C29H19NO17. The molecule has 242 valence electrons. The number of esters is 4. The van der Waals surface area contributed by atoms with Crippen molar-refractivity contribution in [2.24, 2.45) is 5.18 Å². The van der Waals surface area contributed by atoms with E-state index in [2.05, 4.69) is 9.91 Å². The largest absolute Gasteiger partial charge is 0.505 e. The molecule has 0 saturated heterocycles. The topological polar surface area (TPSA) is 296 Å². The molecule has 4 aromatic rings. The molecule has 0 saturated carbocycles. The minimum Gasteiger partial charge on any atom is -0.505 e. The smallest absolute Gasteiger partial charge is 0.343 e. The maximum Gasteiger partial charge on any atom is 0.343 e. The maximum atomic E-state index is 13.0. The first-order valence-corrected chi connectivity index (χ1v) is 12.5. The zero-order chi connectivity index (χ0) is 34.7. The monoisotopic (exact) mass is 653 g/mol. The quantitative estimate of drug-likeness (QED) is 0.0586. The molecule has 0 heterocycles. The fourth-order valence-electron chi connectivity index (χ4n) is 3.77. The van der Waals surface area contributed by atoms with E-state index in [1.54, 1.807) is 0 Å². The Kier molecular flexibility index (Phi) is 8.88. The van der Waals surface area contributed by atoms with Gasteiger partial charge in [0.25, 0.3) is 0 Å². The minimum atomic E-state index is -1.44. The predicted octanol–water partition coefficient (Wildman–Crippen LogP) is 3.17. The average molecular weight is 653 g/mol. The van der Waals surface area contributed by atoms with E-state index in [-0.39, 0.29) is 5.56 Å². The normalized spacial score (nSPS) is 10.5. The van der Waals surface area contributed by atoms with Crippen LogP contribution in [0.3, 0.4) is 0 Å². The van der Waals surface area contributed by atoms with E-state index in [9.17, 15) is 64.9 Å². The Balaban J connectivity index is 1.63. The van der Waals surface area contributed by atoms with Crippen molar-refractivity contribution in [3.63, 3.8) is 0 Å². The minimum absolute atomic E-state index is 0.329. The zero-order valence-electron chi connectivity index (χ0n) is 23.3. The molecule has 0 unspecified atom stereocenters. The second-order valence-corrected chi connectivity index (χ2v) is 9.14. The average Bonchev–Trinajstić information content (AvgIpc) is 3.02. The first-order valence-electron chi connectivity index (χ1n) is 12.5. The van der Waals surface area contributed by atoms with Gasteiger partial charge in [0.15, 0.2) is 51.7 Å². The van der Waals surface area contributed by atoms with E-state index < -0.39 is 109 Å². The fourth-order valence-corrected chi connectivity index (χ4v) is 3.77. The summed E-state index contributed by atoms with van der Waals surface area (Å²) in [5.74, 6) is -15.2. The van der Waals surface area contributed by atoms with Crippen LogP contribution in [0.1, 0.15) is 41.4 Å². The number of hydrogen-bond donors (Lipinski definition) is 8. The summed E-state index contributed by atoms with van der Waals surface area (Å²) in [6.07, 6.45) is 0. The van der Waals surface area contributed by atoms with Crippen LogP contribution in [0.5, 0.6) is 63.2 Å². The number of phenols is 8. The Bertz CT molecular complexity index is 1960. The van der Waals surface area contributed by atoms with Gasteiger partial charge in [-0.05, 0) is 53.7 Å². The number of carbonyl (C=O) groups excluding carboxylic acids is 4. The molecule has 18 heteroatoms. The van der Waals surface area contributed by atoms with Crippen LogP contribution in [0.4, 0.5) is 5.69 Å². The van der Waals surface area contributed by atoms with Gasteiger partial charge >= 0.3 is 23.9 Å². The predicted molar refractivity (Wildman–Crippen MR) is 151 cm³/mol. The summed E-state index contributed by atoms with van der Waals surface area (Å²) in [7, 11) is 1.02. The van der Waals surface area contributed by atoms with Crippen LogP contribution in [0.15, 0.2) is 53.7 Å². The molecule has 0 aliphatic rings. The third kappa shape index (κ3) is 6.65. The van der Waals surface area contributed by atoms with Gasteiger partial charge in [0.1, 0.15) is 5.75 Å². The molecule has 0 spiro atoms. The molecular weight excluding hydrogens is 634 g/mol. The standard InChI is InChI=1S/C29H19NO17/c1-44-26(39)11-5-17(34)24(37)20(8-11)47-29(42)12-2-14(31)22(30-43)19(7-12)45-28(41)13-6-18(35)25(38)21(9-13)46-27(40)10-3-15(32)23(36)16(33)4-10/h2-9,31-38H,1H3. The highest BCUT2D eigenvalue weighted by molar-refractivity contribution is 5.98. The molecule has 0 atom stereocenters. The third-order valence-corrected chi connectivity index (χ3v) is 6.06. The van der Waals surface area contributed by atoms with Crippen LogP contribution in [-0.4, -0.2) is 71.8 Å². The molecule has 0 bridgehead atoms. The van der Waals surface area contributed by atoms with Crippen molar-refractivity contribution in [1.82, 2.24) is 0 Å². The van der Waals surface area contributed by atoms with Crippen LogP contribution < -0.4 is 14.2 Å². The van der Waals surface area contributed by atoms with Gasteiger partial charge in [0.05, 0.1) is 29.4 Å². The van der Waals surface area contributed by atoms with Crippen LogP contribution in [-0.2, 0) is 4.74 Å². The van der Waals surface area contributed by atoms with E-state index in [4.69, 9.17) is 14.2 Å². The van der Waals surface area contributed by atoms with Gasteiger partial charge in [-0.15, -0.1) is 4.91 Å². The first kappa shape index (κ1) is 32.7. The molecule has 47 heavy (non-hydrogen) atoms. The van der Waals surface area contributed by atoms with Gasteiger partial charge in [0.2, 0.25) is 11.5 Å². The van der Waals surface area contributed by atoms with Gasteiger partial charge in [-0.3, -0.25) is 0 Å². The van der Waals surface area contributed by atoms with Crippen LogP contribution in [0, 0.1) is 4.91 Å². The molecule has 8 N–H and O–H groups in total. The van der Waals surface area contributed by atoms with Gasteiger partial charge < -0.3 is 59.8 Å². The van der Waals surface area contributed by atoms with E-state index in [1.807, 2.05) is 0 Å². The molecule has 4 rings (SSSR count). The Labute approximate surface area is 260 Å². The molecule has 18 nitrogen and oxygen atoms in total. The molecule has 0 aliphatic carbocycles. The summed E-state index contributed by atoms with van der Waals surface area (Å²) < 4.78 is 19.5. The summed E-state index contributed by atoms with van der Waals surface area (Å²) in [5.41, 5.74) is -3.03. The van der Waals surface area contributed by atoms with Gasteiger partial charge in [-0.1, -0.05) is 0 Å². The summed E-state index contributed by atoms with van der Waals surface area (Å²) in [5, 5.41) is 81.7. The van der Waals surface area contributed by atoms with Crippen LogP contribution in [0.2, 0.25) is 0 Å². The molecule has 0 amide bonds. The van der Waals surface area contributed by atoms with Gasteiger partial charge in [0, 0.05) is 0 Å². The van der Waals surface area contributed by atoms with Gasteiger partial charge in [-0.25, -0.2) is 19.2 Å². The summed E-state index contributed by atoms with van der Waals surface area (Å²) in [6.45, 7) is 0. The van der Waals surface area contributed by atoms with E-state index in [0.29, 0.717) is 36.4 Å². The van der Waals surface area contributed by atoms with Crippen LogP contribution in [0.25, 0.3) is 0 Å². The number of nitrogens with zero attached hydrogens (tertiary/aromatic N) is 1. The molecule has 0 aliphatic heterocycles. The highest BCUT2D eigenvalue weighted by Crippen LogP contribution is 2.42. The van der Waals surface area contributed by atoms with Gasteiger partial charge in [-0.2, -0.15) is 0 Å². The Morgan fingerprint density at radius 1 is 0.468 bits per heavy atom. The number of hydrogen-bond acceptors (Lipinski definition) is 18. The molecule has 0 radical (unpaired) electrons. The lowest BCUT2D eigenvalue weighted by molar-refractivity contribution is 0.0596. The SMILES string of the molecule is COC(=O)c1cc(O)c(O)c(OC(=O)c2cc(O)c(N=O)c(OC(=O)c3cc(O)c(O)c(OC(=O)c4cc(O)c(O)c(O)c4)c3)c2)c1. The van der Waals surface area contributed by atoms with E-state index >= 15 is 0 Å². The van der Waals surface area contributed by atoms with Crippen molar-refractivity contribution >= 4 is 29.6 Å². The number of benzene rings is 4. The summed E-state index contributed by atoms with van der Waals surface area (Å²) in [6, 6.07) is 5.75. The van der Waals surface area contributed by atoms with Crippen molar-refractivity contribution in [3.05, 3.63) is 75.7 Å². The highest BCUT2D eigenvalue weighted by atomic mass is 16.6. The number of carbonyl (C=O) groups is 4. The van der Waals surface area contributed by atoms with Crippen molar-refractivity contribution in [2.75, 3.05) is 7.11 Å². The van der Waals surface area contributed by atoms with Crippen molar-refractivity contribution in [1.29, 1.82) is 0 Å². The highest BCUT2D eigenvalue weighted by Gasteiger charge is 2.25. The van der Waals surface area contributed by atoms with Crippen LogP contribution >= 0.6 is 0 Å². The number of phenolic OH excluding ortho intramolecular Hbond substituents is 8. The first-order chi connectivity index (χ1) is 22.1. The molecule has 4 aromatic carbocycles. The summed E-state index contributed by atoms with van der Waals surface area (Å²) in [4.78, 5) is 61.6. The number of nitroso groups, excluding NO2 is 1. The number of methoxy groups -OCH3 is 1.